The standard InChI is InChI=1S/C26H25N3/c1-19-12-15-29(16-13-19)26-27-14-11-25(28-26)24-10-9-22-17-21(7-8-23(22)18-24)20-5-3-2-4-6-20/h2-11,14,17-19H,12-13,15-16H2,1H3. The minimum atomic E-state index is 0.802. The number of rotatable bonds is 3. The molecule has 29 heavy (non-hydrogen) atoms. The summed E-state index contributed by atoms with van der Waals surface area (Å²) in [6, 6.07) is 25.8. The molecule has 144 valence electrons. The molecule has 0 N–H and O–H groups in total. The summed E-state index contributed by atoms with van der Waals surface area (Å²) in [5, 5.41) is 2.48. The average Bonchev–Trinajstić information content (AvgIpc) is 2.79. The lowest BCUT2D eigenvalue weighted by Crippen LogP contribution is -2.34. The third-order valence-electron chi connectivity index (χ3n) is 5.95. The second-order valence-corrected chi connectivity index (χ2v) is 8.05. The first-order valence-corrected chi connectivity index (χ1v) is 10.4. The van der Waals surface area contributed by atoms with Crippen LogP contribution in [0.2, 0.25) is 0 Å². The summed E-state index contributed by atoms with van der Waals surface area (Å²) in [6.07, 6.45) is 4.32. The van der Waals surface area contributed by atoms with Gasteiger partial charge in [0, 0.05) is 24.8 Å². The van der Waals surface area contributed by atoms with Crippen LogP contribution >= 0.6 is 0 Å². The van der Waals surface area contributed by atoms with Crippen LogP contribution in [-0.4, -0.2) is 23.1 Å². The second kappa shape index (κ2) is 7.67. The van der Waals surface area contributed by atoms with Gasteiger partial charge in [0.05, 0.1) is 5.69 Å². The fourth-order valence-electron chi connectivity index (χ4n) is 4.09. The molecule has 1 saturated heterocycles. The normalized spacial score (nSPS) is 15.0. The van der Waals surface area contributed by atoms with Crippen molar-refractivity contribution in [2.45, 2.75) is 19.8 Å². The van der Waals surface area contributed by atoms with E-state index < -0.39 is 0 Å². The van der Waals surface area contributed by atoms with Gasteiger partial charge in [-0.15, -0.1) is 0 Å². The van der Waals surface area contributed by atoms with Gasteiger partial charge in [-0.05, 0) is 58.9 Å². The van der Waals surface area contributed by atoms with Gasteiger partial charge in [-0.25, -0.2) is 9.97 Å². The van der Waals surface area contributed by atoms with Crippen molar-refractivity contribution < 1.29 is 0 Å². The molecule has 0 atom stereocenters. The van der Waals surface area contributed by atoms with Crippen LogP contribution in [-0.2, 0) is 0 Å². The number of hydrogen-bond acceptors (Lipinski definition) is 3. The molecule has 1 aromatic heterocycles. The lowest BCUT2D eigenvalue weighted by atomic mass is 9.99. The monoisotopic (exact) mass is 379 g/mol. The highest BCUT2D eigenvalue weighted by Crippen LogP contribution is 2.29. The number of benzene rings is 3. The average molecular weight is 380 g/mol. The van der Waals surface area contributed by atoms with Crippen molar-refractivity contribution in [2.24, 2.45) is 5.92 Å². The van der Waals surface area contributed by atoms with Crippen molar-refractivity contribution in [3.8, 4) is 22.4 Å². The molecule has 0 bridgehead atoms. The molecule has 0 spiro atoms. The van der Waals surface area contributed by atoms with E-state index in [4.69, 9.17) is 4.98 Å². The van der Waals surface area contributed by atoms with Crippen LogP contribution in [0.1, 0.15) is 19.8 Å². The number of aromatic nitrogens is 2. The largest absolute Gasteiger partial charge is 0.341 e. The summed E-state index contributed by atoms with van der Waals surface area (Å²) in [7, 11) is 0. The van der Waals surface area contributed by atoms with Crippen molar-refractivity contribution in [3.63, 3.8) is 0 Å². The quantitative estimate of drug-likeness (QED) is 0.424. The van der Waals surface area contributed by atoms with Gasteiger partial charge < -0.3 is 4.90 Å². The first-order chi connectivity index (χ1) is 14.3. The van der Waals surface area contributed by atoms with Crippen LogP contribution in [0, 0.1) is 5.92 Å². The van der Waals surface area contributed by atoms with Gasteiger partial charge in [-0.3, -0.25) is 0 Å². The Morgan fingerprint density at radius 1 is 0.759 bits per heavy atom. The zero-order chi connectivity index (χ0) is 19.6. The first-order valence-electron chi connectivity index (χ1n) is 10.4. The van der Waals surface area contributed by atoms with Crippen LogP contribution in [0.25, 0.3) is 33.2 Å². The van der Waals surface area contributed by atoms with Crippen LogP contribution in [0.3, 0.4) is 0 Å². The topological polar surface area (TPSA) is 29.0 Å². The third-order valence-corrected chi connectivity index (χ3v) is 5.95. The molecular weight excluding hydrogens is 354 g/mol. The first kappa shape index (κ1) is 17.9. The van der Waals surface area contributed by atoms with E-state index >= 15 is 0 Å². The zero-order valence-corrected chi connectivity index (χ0v) is 16.8. The Hall–Kier alpha value is -3.20. The third kappa shape index (κ3) is 3.73. The maximum Gasteiger partial charge on any atom is 0.225 e. The Labute approximate surface area is 172 Å². The Bertz CT molecular complexity index is 1130. The minimum Gasteiger partial charge on any atom is -0.341 e. The maximum atomic E-state index is 4.88. The Morgan fingerprint density at radius 2 is 1.45 bits per heavy atom. The van der Waals surface area contributed by atoms with E-state index in [2.05, 4.69) is 83.5 Å². The molecule has 3 nitrogen and oxygen atoms in total. The van der Waals surface area contributed by atoms with Crippen molar-refractivity contribution in [1.29, 1.82) is 0 Å². The molecule has 1 aliphatic rings. The molecule has 1 fully saturated rings. The van der Waals surface area contributed by atoms with E-state index in [-0.39, 0.29) is 0 Å². The van der Waals surface area contributed by atoms with E-state index in [9.17, 15) is 0 Å². The maximum absolute atomic E-state index is 4.88. The van der Waals surface area contributed by atoms with E-state index in [1.807, 2.05) is 12.3 Å². The highest BCUT2D eigenvalue weighted by molar-refractivity contribution is 5.90. The predicted octanol–water partition coefficient (Wildman–Crippen LogP) is 6.20. The summed E-state index contributed by atoms with van der Waals surface area (Å²) in [6.45, 7) is 4.42. The van der Waals surface area contributed by atoms with E-state index in [1.54, 1.807) is 0 Å². The van der Waals surface area contributed by atoms with Gasteiger partial charge in [0.2, 0.25) is 5.95 Å². The Balaban J connectivity index is 1.45. The Kier molecular flexibility index (Phi) is 4.73. The zero-order valence-electron chi connectivity index (χ0n) is 16.8. The lowest BCUT2D eigenvalue weighted by Gasteiger charge is -2.30. The number of nitrogens with zero attached hydrogens (tertiary/aromatic N) is 3. The van der Waals surface area contributed by atoms with E-state index in [0.29, 0.717) is 0 Å². The smallest absolute Gasteiger partial charge is 0.225 e. The van der Waals surface area contributed by atoms with Crippen molar-refractivity contribution >= 4 is 16.7 Å². The van der Waals surface area contributed by atoms with Gasteiger partial charge in [0.25, 0.3) is 0 Å². The van der Waals surface area contributed by atoms with Gasteiger partial charge in [0.15, 0.2) is 0 Å². The molecule has 2 heterocycles. The second-order valence-electron chi connectivity index (χ2n) is 8.05. The van der Waals surface area contributed by atoms with Gasteiger partial charge in [-0.2, -0.15) is 0 Å². The van der Waals surface area contributed by atoms with Crippen molar-refractivity contribution in [1.82, 2.24) is 9.97 Å². The summed E-state index contributed by atoms with van der Waals surface area (Å²) < 4.78 is 0. The van der Waals surface area contributed by atoms with Crippen molar-refractivity contribution in [2.75, 3.05) is 18.0 Å². The molecule has 0 aliphatic carbocycles. The molecule has 4 aromatic rings. The van der Waals surface area contributed by atoms with Crippen LogP contribution in [0.5, 0.6) is 0 Å². The van der Waals surface area contributed by atoms with Gasteiger partial charge in [0.1, 0.15) is 0 Å². The molecule has 0 radical (unpaired) electrons. The molecule has 0 amide bonds. The number of fused-ring (bicyclic) bond motifs is 1. The van der Waals surface area contributed by atoms with Crippen LogP contribution in [0.15, 0.2) is 79.0 Å². The summed E-state index contributed by atoms with van der Waals surface area (Å²) >= 11 is 0. The fourth-order valence-corrected chi connectivity index (χ4v) is 4.09. The van der Waals surface area contributed by atoms with E-state index in [1.165, 1.54) is 34.7 Å². The highest BCUT2D eigenvalue weighted by atomic mass is 15.2. The molecule has 0 saturated carbocycles. The van der Waals surface area contributed by atoms with E-state index in [0.717, 1.165) is 36.2 Å². The molecular formula is C26H25N3. The summed E-state index contributed by atoms with van der Waals surface area (Å²) in [5.74, 6) is 1.66. The highest BCUT2D eigenvalue weighted by Gasteiger charge is 2.18. The molecule has 5 rings (SSSR count). The van der Waals surface area contributed by atoms with Gasteiger partial charge in [-0.1, -0.05) is 61.5 Å². The number of anilines is 1. The SMILES string of the molecule is CC1CCN(c2nccc(-c3ccc4cc(-c5ccccc5)ccc4c3)n2)CC1. The van der Waals surface area contributed by atoms with Gasteiger partial charge >= 0.3 is 0 Å². The number of hydrogen-bond donors (Lipinski definition) is 0. The minimum absolute atomic E-state index is 0.802. The predicted molar refractivity (Wildman–Crippen MR) is 121 cm³/mol. The summed E-state index contributed by atoms with van der Waals surface area (Å²) in [4.78, 5) is 11.7. The Morgan fingerprint density at radius 3 is 2.21 bits per heavy atom. The number of piperidine rings is 1. The fraction of sp³-hybridized carbons (Fsp3) is 0.231. The molecule has 1 aliphatic heterocycles. The summed E-state index contributed by atoms with van der Waals surface area (Å²) in [5.41, 5.74) is 4.62. The van der Waals surface area contributed by atoms with Crippen LogP contribution < -0.4 is 4.90 Å². The lowest BCUT2D eigenvalue weighted by molar-refractivity contribution is 0.434. The molecule has 3 aromatic carbocycles. The molecule has 3 heteroatoms. The molecule has 0 unspecified atom stereocenters. The van der Waals surface area contributed by atoms with Crippen LogP contribution in [0.4, 0.5) is 5.95 Å². The van der Waals surface area contributed by atoms with Crippen molar-refractivity contribution in [3.05, 3.63) is 79.0 Å².